The third-order valence-electron chi connectivity index (χ3n) is 2.96. The van der Waals surface area contributed by atoms with Crippen molar-refractivity contribution < 1.29 is 13.9 Å². The molecule has 0 aromatic carbocycles. The van der Waals surface area contributed by atoms with Crippen LogP contribution in [0.4, 0.5) is 0 Å². The van der Waals surface area contributed by atoms with Crippen LogP contribution >= 0.6 is 12.4 Å². The first kappa shape index (κ1) is 19.0. The molecule has 0 fully saturated rings. The minimum Gasteiger partial charge on any atom is -0.467 e. The second-order valence-corrected chi connectivity index (χ2v) is 4.79. The van der Waals surface area contributed by atoms with E-state index in [1.807, 2.05) is 6.92 Å². The fourth-order valence-corrected chi connectivity index (χ4v) is 1.86. The van der Waals surface area contributed by atoms with E-state index in [0.29, 0.717) is 36.9 Å². The van der Waals surface area contributed by atoms with E-state index in [4.69, 9.17) is 14.9 Å². The van der Waals surface area contributed by atoms with Crippen molar-refractivity contribution in [3.63, 3.8) is 0 Å². The first-order valence-electron chi connectivity index (χ1n) is 6.75. The number of nitrogens with two attached hydrogens (primary N) is 1. The van der Waals surface area contributed by atoms with Crippen LogP contribution in [0.15, 0.2) is 16.7 Å². The Kier molecular flexibility index (Phi) is 9.29. The van der Waals surface area contributed by atoms with Crippen molar-refractivity contribution >= 4 is 18.3 Å². The monoisotopic (exact) mass is 304 g/mol. The molecular formula is C14H25ClN2O3. The van der Waals surface area contributed by atoms with Crippen LogP contribution < -0.4 is 11.1 Å². The highest BCUT2D eigenvalue weighted by Crippen LogP contribution is 2.11. The van der Waals surface area contributed by atoms with Crippen LogP contribution in [0.2, 0.25) is 0 Å². The number of ether oxygens (including phenoxy) is 1. The summed E-state index contributed by atoms with van der Waals surface area (Å²) < 4.78 is 10.8. The second-order valence-electron chi connectivity index (χ2n) is 4.79. The van der Waals surface area contributed by atoms with Crippen LogP contribution in [-0.2, 0) is 11.3 Å². The molecule has 3 N–H and O–H groups in total. The fourth-order valence-electron chi connectivity index (χ4n) is 1.86. The average Bonchev–Trinajstić information content (AvgIpc) is 2.86. The van der Waals surface area contributed by atoms with Crippen molar-refractivity contribution in [2.75, 3.05) is 13.2 Å². The quantitative estimate of drug-likeness (QED) is 0.773. The van der Waals surface area contributed by atoms with Gasteiger partial charge in [0.1, 0.15) is 12.0 Å². The predicted molar refractivity (Wildman–Crippen MR) is 81.0 cm³/mol. The molecule has 1 atom stereocenters. The molecule has 1 unspecified atom stereocenters. The first-order valence-corrected chi connectivity index (χ1v) is 6.75. The van der Waals surface area contributed by atoms with Gasteiger partial charge < -0.3 is 20.2 Å². The lowest BCUT2D eigenvalue weighted by Crippen LogP contribution is -2.30. The molecule has 1 aromatic heterocycles. The van der Waals surface area contributed by atoms with Gasteiger partial charge in [-0.25, -0.2) is 0 Å². The van der Waals surface area contributed by atoms with Gasteiger partial charge in [0.2, 0.25) is 0 Å². The minimum absolute atomic E-state index is 0. The Labute approximate surface area is 126 Å². The zero-order chi connectivity index (χ0) is 14.3. The molecule has 6 heteroatoms. The SMILES string of the molecule is CCOC(CCNC(=O)c1coc(CN)c1)C(C)C.Cl. The maximum absolute atomic E-state index is 11.8. The molecule has 1 aromatic rings. The van der Waals surface area contributed by atoms with Gasteiger partial charge in [-0.3, -0.25) is 4.79 Å². The normalized spacial score (nSPS) is 12.1. The van der Waals surface area contributed by atoms with Crippen molar-refractivity contribution in [3.8, 4) is 0 Å². The zero-order valence-electron chi connectivity index (χ0n) is 12.3. The summed E-state index contributed by atoms with van der Waals surface area (Å²) in [5.74, 6) is 0.914. The number of hydrogen-bond acceptors (Lipinski definition) is 4. The molecule has 0 bridgehead atoms. The molecule has 0 spiro atoms. The summed E-state index contributed by atoms with van der Waals surface area (Å²) in [5.41, 5.74) is 5.94. The molecule has 0 aliphatic carbocycles. The number of halogens is 1. The van der Waals surface area contributed by atoms with Crippen molar-refractivity contribution in [1.29, 1.82) is 0 Å². The molecule has 1 amide bonds. The highest BCUT2D eigenvalue weighted by atomic mass is 35.5. The predicted octanol–water partition coefficient (Wildman–Crippen LogP) is 2.34. The van der Waals surface area contributed by atoms with Gasteiger partial charge in [0.15, 0.2) is 0 Å². The van der Waals surface area contributed by atoms with Crippen molar-refractivity contribution in [2.45, 2.75) is 39.8 Å². The van der Waals surface area contributed by atoms with E-state index in [-0.39, 0.29) is 24.4 Å². The summed E-state index contributed by atoms with van der Waals surface area (Å²) in [5, 5.41) is 2.86. The summed E-state index contributed by atoms with van der Waals surface area (Å²) in [6.45, 7) is 7.79. The third kappa shape index (κ3) is 5.94. The molecule has 1 rings (SSSR count). The van der Waals surface area contributed by atoms with Crippen LogP contribution in [0.5, 0.6) is 0 Å². The number of hydrogen-bond donors (Lipinski definition) is 2. The Balaban J connectivity index is 0.00000361. The smallest absolute Gasteiger partial charge is 0.254 e. The van der Waals surface area contributed by atoms with Crippen LogP contribution in [0.25, 0.3) is 0 Å². The molecule has 0 aliphatic rings. The van der Waals surface area contributed by atoms with E-state index >= 15 is 0 Å². The van der Waals surface area contributed by atoms with Crippen LogP contribution in [0.3, 0.4) is 0 Å². The van der Waals surface area contributed by atoms with Crippen LogP contribution in [-0.4, -0.2) is 25.2 Å². The maximum atomic E-state index is 11.8. The number of rotatable bonds is 8. The molecule has 1 heterocycles. The standard InChI is InChI=1S/C14H24N2O3.ClH/c1-4-18-13(10(2)3)5-6-16-14(17)11-7-12(8-15)19-9-11;/h7,9-10,13H,4-6,8,15H2,1-3H3,(H,16,17);1H. The molecular weight excluding hydrogens is 280 g/mol. The van der Waals surface area contributed by atoms with Gasteiger partial charge in [-0.05, 0) is 25.3 Å². The highest BCUT2D eigenvalue weighted by molar-refractivity contribution is 5.93. The van der Waals surface area contributed by atoms with Crippen LogP contribution in [0.1, 0.15) is 43.3 Å². The Morgan fingerprint density at radius 3 is 2.70 bits per heavy atom. The fraction of sp³-hybridized carbons (Fsp3) is 0.643. The highest BCUT2D eigenvalue weighted by Gasteiger charge is 2.14. The minimum atomic E-state index is -0.137. The molecule has 0 saturated carbocycles. The Morgan fingerprint density at radius 1 is 1.50 bits per heavy atom. The number of carbonyl (C=O) groups is 1. The molecule has 0 radical (unpaired) electrons. The summed E-state index contributed by atoms with van der Waals surface area (Å²) >= 11 is 0. The van der Waals surface area contributed by atoms with E-state index in [0.717, 1.165) is 6.42 Å². The summed E-state index contributed by atoms with van der Waals surface area (Å²) in [6, 6.07) is 1.66. The van der Waals surface area contributed by atoms with Crippen molar-refractivity contribution in [1.82, 2.24) is 5.32 Å². The van der Waals surface area contributed by atoms with E-state index in [1.165, 1.54) is 6.26 Å². The maximum Gasteiger partial charge on any atom is 0.254 e. The Bertz CT molecular complexity index is 394. The summed E-state index contributed by atoms with van der Waals surface area (Å²) in [7, 11) is 0. The number of furan rings is 1. The van der Waals surface area contributed by atoms with Gasteiger partial charge in [0.25, 0.3) is 5.91 Å². The second kappa shape index (κ2) is 9.80. The largest absolute Gasteiger partial charge is 0.467 e. The van der Waals surface area contributed by atoms with Gasteiger partial charge >= 0.3 is 0 Å². The Morgan fingerprint density at radius 2 is 2.20 bits per heavy atom. The number of amides is 1. The molecule has 5 nitrogen and oxygen atoms in total. The lowest BCUT2D eigenvalue weighted by atomic mass is 10.0. The molecule has 0 saturated heterocycles. The summed E-state index contributed by atoms with van der Waals surface area (Å²) in [6.07, 6.45) is 2.41. The van der Waals surface area contributed by atoms with Crippen molar-refractivity contribution in [3.05, 3.63) is 23.7 Å². The first-order chi connectivity index (χ1) is 9.08. The topological polar surface area (TPSA) is 77.5 Å². The zero-order valence-corrected chi connectivity index (χ0v) is 13.2. The van der Waals surface area contributed by atoms with E-state index in [1.54, 1.807) is 6.07 Å². The lowest BCUT2D eigenvalue weighted by Gasteiger charge is -2.20. The average molecular weight is 305 g/mol. The lowest BCUT2D eigenvalue weighted by molar-refractivity contribution is 0.0251. The molecule has 0 aliphatic heterocycles. The Hall–Kier alpha value is -1.04. The van der Waals surface area contributed by atoms with Crippen LogP contribution in [0, 0.1) is 5.92 Å². The number of carbonyl (C=O) groups excluding carboxylic acids is 1. The molecule has 20 heavy (non-hydrogen) atoms. The van der Waals surface area contributed by atoms with Gasteiger partial charge in [-0.2, -0.15) is 0 Å². The van der Waals surface area contributed by atoms with Gasteiger partial charge in [0.05, 0.1) is 18.2 Å². The van der Waals surface area contributed by atoms with Crippen molar-refractivity contribution in [2.24, 2.45) is 11.7 Å². The van der Waals surface area contributed by atoms with E-state index in [2.05, 4.69) is 19.2 Å². The van der Waals surface area contributed by atoms with Gasteiger partial charge in [-0.15, -0.1) is 12.4 Å². The molecule has 116 valence electrons. The van der Waals surface area contributed by atoms with Gasteiger partial charge in [0, 0.05) is 13.2 Å². The third-order valence-corrected chi connectivity index (χ3v) is 2.96. The van der Waals surface area contributed by atoms with E-state index in [9.17, 15) is 4.79 Å². The summed E-state index contributed by atoms with van der Waals surface area (Å²) in [4.78, 5) is 11.8. The van der Waals surface area contributed by atoms with E-state index < -0.39 is 0 Å². The van der Waals surface area contributed by atoms with Gasteiger partial charge in [-0.1, -0.05) is 13.8 Å². The number of nitrogens with one attached hydrogen (secondary N) is 1.